The summed E-state index contributed by atoms with van der Waals surface area (Å²) in [5, 5.41) is 0. The Morgan fingerprint density at radius 2 is 1.05 bits per heavy atom. The second kappa shape index (κ2) is 8.89. The lowest BCUT2D eigenvalue weighted by molar-refractivity contribution is -0.185. The van der Waals surface area contributed by atoms with Crippen molar-refractivity contribution in [3.63, 3.8) is 0 Å². The summed E-state index contributed by atoms with van der Waals surface area (Å²) in [6.45, 7) is 6.44. The Labute approximate surface area is 227 Å². The van der Waals surface area contributed by atoms with Gasteiger partial charge in [0.2, 0.25) is 11.8 Å². The van der Waals surface area contributed by atoms with Gasteiger partial charge in [-0.2, -0.15) is 0 Å². The highest BCUT2D eigenvalue weighted by Crippen LogP contribution is 2.61. The van der Waals surface area contributed by atoms with Crippen molar-refractivity contribution in [3.05, 3.63) is 0 Å². The number of hydrogen-bond donors (Lipinski definition) is 0. The molecule has 2 spiro atoms. The molecule has 8 fully saturated rings. The molecular formula is C32H46N2O4. The summed E-state index contributed by atoms with van der Waals surface area (Å²) in [7, 11) is 0. The van der Waals surface area contributed by atoms with Crippen LogP contribution in [0, 0.1) is 47.3 Å². The summed E-state index contributed by atoms with van der Waals surface area (Å²) in [5.41, 5.74) is -0.128. The molecule has 4 saturated heterocycles. The van der Waals surface area contributed by atoms with E-state index < -0.39 is 0 Å². The Morgan fingerprint density at radius 1 is 0.632 bits per heavy atom. The van der Waals surface area contributed by atoms with Gasteiger partial charge in [0.05, 0.1) is 11.1 Å². The Balaban J connectivity index is 0.000000127. The van der Waals surface area contributed by atoms with E-state index in [1.54, 1.807) is 0 Å². The second-order valence-corrected chi connectivity index (χ2v) is 14.7. The molecule has 208 valence electrons. The maximum absolute atomic E-state index is 12.5. The molecular weight excluding hydrogens is 476 g/mol. The summed E-state index contributed by atoms with van der Waals surface area (Å²) in [5.74, 6) is 5.58. The number of rotatable bonds is 0. The van der Waals surface area contributed by atoms with Crippen LogP contribution in [0.4, 0.5) is 0 Å². The number of piperidine rings is 4. The van der Waals surface area contributed by atoms with Crippen LogP contribution in [0.3, 0.4) is 0 Å². The molecule has 8 rings (SSSR count). The minimum Gasteiger partial charge on any atom is -0.336 e. The van der Waals surface area contributed by atoms with Crippen LogP contribution in [0.25, 0.3) is 0 Å². The van der Waals surface area contributed by atoms with E-state index in [1.165, 1.54) is 12.8 Å². The third-order valence-electron chi connectivity index (χ3n) is 12.8. The third kappa shape index (κ3) is 3.36. The van der Waals surface area contributed by atoms with E-state index in [2.05, 4.69) is 23.6 Å². The molecule has 0 aromatic carbocycles. The van der Waals surface area contributed by atoms with Crippen LogP contribution in [0.15, 0.2) is 0 Å². The van der Waals surface area contributed by atoms with Crippen molar-refractivity contribution >= 4 is 23.4 Å². The van der Waals surface area contributed by atoms with Gasteiger partial charge in [0.1, 0.15) is 11.6 Å². The van der Waals surface area contributed by atoms with Crippen molar-refractivity contribution in [2.24, 2.45) is 47.3 Å². The average molecular weight is 523 g/mol. The minimum absolute atomic E-state index is 0.0642. The second-order valence-electron chi connectivity index (χ2n) is 14.7. The molecule has 4 heterocycles. The largest absolute Gasteiger partial charge is 0.336 e. The van der Waals surface area contributed by atoms with Crippen LogP contribution in [-0.4, -0.2) is 57.3 Å². The van der Waals surface area contributed by atoms with Gasteiger partial charge in [-0.25, -0.2) is 0 Å². The predicted octanol–water partition coefficient (Wildman–Crippen LogP) is 4.79. The van der Waals surface area contributed by atoms with Crippen molar-refractivity contribution in [2.45, 2.75) is 115 Å². The summed E-state index contributed by atoms with van der Waals surface area (Å²) in [6.07, 6.45) is 13.8. The number of hydrogen-bond acceptors (Lipinski definition) is 4. The van der Waals surface area contributed by atoms with E-state index >= 15 is 0 Å². The van der Waals surface area contributed by atoms with Gasteiger partial charge < -0.3 is 9.80 Å². The summed E-state index contributed by atoms with van der Waals surface area (Å²) < 4.78 is 0. The maximum atomic E-state index is 12.5. The van der Waals surface area contributed by atoms with Crippen LogP contribution < -0.4 is 0 Å². The molecule has 4 bridgehead atoms. The van der Waals surface area contributed by atoms with Gasteiger partial charge in [0.25, 0.3) is 0 Å². The van der Waals surface area contributed by atoms with E-state index in [1.807, 2.05) is 0 Å². The molecule has 4 aliphatic carbocycles. The SMILES string of the molecule is C[C@@H]1C[C@H]2CC(=O)[C@H]3CCCN4C(=O)CC[C@H]2[C@]34C1.C[C@@H]1C[C@H]2CC(=O)[C@H]3CCCN4C(=O)CC[C@H]2[C@]34C1. The van der Waals surface area contributed by atoms with Crippen LogP contribution in [0.5, 0.6) is 0 Å². The van der Waals surface area contributed by atoms with Crippen LogP contribution >= 0.6 is 0 Å². The lowest BCUT2D eigenvalue weighted by Crippen LogP contribution is -2.72. The molecule has 0 radical (unpaired) electrons. The van der Waals surface area contributed by atoms with Crippen molar-refractivity contribution in [2.75, 3.05) is 13.1 Å². The van der Waals surface area contributed by atoms with E-state index in [0.717, 1.165) is 90.1 Å². The van der Waals surface area contributed by atoms with Gasteiger partial charge in [-0.15, -0.1) is 0 Å². The smallest absolute Gasteiger partial charge is 0.223 e. The lowest BCUT2D eigenvalue weighted by atomic mass is 9.48. The summed E-state index contributed by atoms with van der Waals surface area (Å²) in [6, 6.07) is 0. The van der Waals surface area contributed by atoms with Gasteiger partial charge in [-0.1, -0.05) is 13.8 Å². The normalized spacial score (nSPS) is 49.0. The fraction of sp³-hybridized carbons (Fsp3) is 0.875. The van der Waals surface area contributed by atoms with E-state index in [0.29, 0.717) is 58.9 Å². The van der Waals surface area contributed by atoms with E-state index in [4.69, 9.17) is 0 Å². The predicted molar refractivity (Wildman–Crippen MR) is 143 cm³/mol. The van der Waals surface area contributed by atoms with Crippen LogP contribution in [-0.2, 0) is 19.2 Å². The quantitative estimate of drug-likeness (QED) is 0.459. The van der Waals surface area contributed by atoms with Crippen molar-refractivity contribution in [3.8, 4) is 0 Å². The highest BCUT2D eigenvalue weighted by atomic mass is 16.2. The van der Waals surface area contributed by atoms with Crippen molar-refractivity contribution in [1.29, 1.82) is 0 Å². The fourth-order valence-electron chi connectivity index (χ4n) is 12.0. The van der Waals surface area contributed by atoms with Gasteiger partial charge in [0, 0.05) is 50.6 Å². The molecule has 0 aromatic heterocycles. The summed E-state index contributed by atoms with van der Waals surface area (Å²) in [4.78, 5) is 54.2. The van der Waals surface area contributed by atoms with Gasteiger partial charge in [-0.3, -0.25) is 19.2 Å². The number of ketones is 2. The molecule has 4 aliphatic heterocycles. The van der Waals surface area contributed by atoms with Crippen LogP contribution in [0.2, 0.25) is 0 Å². The molecule has 6 heteroatoms. The molecule has 4 saturated carbocycles. The Bertz CT molecular complexity index is 958. The highest BCUT2D eigenvalue weighted by molar-refractivity contribution is 5.88. The fourth-order valence-corrected chi connectivity index (χ4v) is 12.0. The minimum atomic E-state index is -0.0642. The third-order valence-corrected chi connectivity index (χ3v) is 12.8. The maximum Gasteiger partial charge on any atom is 0.223 e. The first-order valence-electron chi connectivity index (χ1n) is 15.9. The zero-order valence-electron chi connectivity index (χ0n) is 23.5. The molecule has 0 unspecified atom stereocenters. The molecule has 6 nitrogen and oxygen atoms in total. The molecule has 10 atom stereocenters. The highest BCUT2D eigenvalue weighted by Gasteiger charge is 2.65. The zero-order chi connectivity index (χ0) is 26.4. The molecule has 0 N–H and O–H groups in total. The van der Waals surface area contributed by atoms with Gasteiger partial charge >= 0.3 is 0 Å². The first-order valence-corrected chi connectivity index (χ1v) is 15.9. The molecule has 2 amide bonds. The number of nitrogens with zero attached hydrogens (tertiary/aromatic N) is 2. The Kier molecular flexibility index (Phi) is 5.91. The molecule has 38 heavy (non-hydrogen) atoms. The van der Waals surface area contributed by atoms with E-state index in [9.17, 15) is 19.2 Å². The lowest BCUT2D eigenvalue weighted by Gasteiger charge is -2.65. The Hall–Kier alpha value is -1.72. The summed E-state index contributed by atoms with van der Waals surface area (Å²) >= 11 is 0. The van der Waals surface area contributed by atoms with Crippen molar-refractivity contribution in [1.82, 2.24) is 9.80 Å². The van der Waals surface area contributed by atoms with Crippen molar-refractivity contribution < 1.29 is 19.2 Å². The number of amides is 2. The molecule has 8 aliphatic rings. The zero-order valence-corrected chi connectivity index (χ0v) is 23.5. The first kappa shape index (κ1) is 25.3. The van der Waals surface area contributed by atoms with E-state index in [-0.39, 0.29) is 22.9 Å². The number of Topliss-reactive ketones (excluding diaryl/α,β-unsaturated/α-hetero) is 2. The van der Waals surface area contributed by atoms with Gasteiger partial charge in [0.15, 0.2) is 0 Å². The Morgan fingerprint density at radius 3 is 1.47 bits per heavy atom. The molecule has 0 aromatic rings. The topological polar surface area (TPSA) is 74.8 Å². The standard InChI is InChI=1S/2C16H23NO2/c2*1-10-7-11-8-14(18)13-3-2-6-17-15(19)5-4-12(11)16(13,17)9-10/h2*10-13H,2-9H2,1H3/t2*10-,11+,12-,13-,16-/m11/s1. The van der Waals surface area contributed by atoms with Crippen LogP contribution in [0.1, 0.15) is 104 Å². The average Bonchev–Trinajstić information content (AvgIpc) is 2.86. The number of carbonyl (C=O) groups is 4. The van der Waals surface area contributed by atoms with Gasteiger partial charge in [-0.05, 0) is 99.7 Å². The number of carbonyl (C=O) groups excluding carboxylic acids is 4. The monoisotopic (exact) mass is 522 g/mol. The first-order chi connectivity index (χ1) is 18.3.